The summed E-state index contributed by atoms with van der Waals surface area (Å²) in [4.78, 5) is 39.4. The number of likely N-dealkylation sites (tertiary alicyclic amines) is 1. The van der Waals surface area contributed by atoms with Crippen LogP contribution in [0.15, 0.2) is 36.7 Å². The Balaban J connectivity index is 1.36. The molecule has 1 N–H and O–H groups in total. The van der Waals surface area contributed by atoms with E-state index in [-0.39, 0.29) is 36.0 Å². The summed E-state index contributed by atoms with van der Waals surface area (Å²) < 4.78 is 19.1. The number of rotatable bonds is 5. The van der Waals surface area contributed by atoms with Crippen molar-refractivity contribution in [3.8, 4) is 0 Å². The molecule has 0 unspecified atom stereocenters. The minimum absolute atomic E-state index is 0.119. The highest BCUT2D eigenvalue weighted by Crippen LogP contribution is 2.42. The van der Waals surface area contributed by atoms with Gasteiger partial charge in [0.05, 0.1) is 17.7 Å². The van der Waals surface area contributed by atoms with Gasteiger partial charge in [0.25, 0.3) is 0 Å². The fraction of sp³-hybridized carbons (Fsp3) is 0.725. The van der Waals surface area contributed by atoms with Gasteiger partial charge in [0.2, 0.25) is 0 Å². The van der Waals surface area contributed by atoms with Crippen molar-refractivity contribution in [1.29, 1.82) is 0 Å². The second-order valence-electron chi connectivity index (χ2n) is 17.2. The Labute approximate surface area is 299 Å². The Bertz CT molecular complexity index is 1490. The minimum Gasteiger partial charge on any atom is -0.463 e. The first-order valence-corrected chi connectivity index (χ1v) is 18.6. The van der Waals surface area contributed by atoms with Gasteiger partial charge in [-0.25, -0.2) is 0 Å². The largest absolute Gasteiger partial charge is 0.463 e. The van der Waals surface area contributed by atoms with Crippen LogP contribution in [-0.4, -0.2) is 120 Å². The molecule has 50 heavy (non-hydrogen) atoms. The average molecular weight is 695 g/mol. The number of nitrogens with zero attached hydrogens (tertiary/aromatic N) is 4. The maximum atomic E-state index is 14.3. The topological polar surface area (TPSA) is 105 Å². The van der Waals surface area contributed by atoms with Crippen LogP contribution in [0.4, 0.5) is 0 Å². The zero-order valence-corrected chi connectivity index (χ0v) is 32.1. The number of aromatic nitrogens is 1. The molecule has 0 saturated carbocycles. The van der Waals surface area contributed by atoms with Gasteiger partial charge in [0.15, 0.2) is 12.1 Å². The molecule has 10 nitrogen and oxygen atoms in total. The number of fused-ring (bicyclic) bond motifs is 1. The number of esters is 1. The highest BCUT2D eigenvalue weighted by atomic mass is 16.7. The van der Waals surface area contributed by atoms with Crippen LogP contribution >= 0.6 is 0 Å². The smallest absolute Gasteiger partial charge is 0.319 e. The SMILES string of the molecule is C[C@H]1CN(C)C2(CCN(Cc3ccc4cnccc4c3)CC2)COC(=O)C(C)(C)C(=O)[C@H](C)[C@@H](O[C@@H]2O[C@H](C)C[C@H](N(C)C)[C@H]2O)C(C)(C)C1. The molecular formula is C40H62N4O6. The molecule has 3 fully saturated rings. The first-order chi connectivity index (χ1) is 23.4. The zero-order chi connectivity index (χ0) is 36.6. The van der Waals surface area contributed by atoms with Gasteiger partial charge in [0, 0.05) is 55.9 Å². The number of hydrogen-bond acceptors (Lipinski definition) is 10. The van der Waals surface area contributed by atoms with Gasteiger partial charge >= 0.3 is 5.97 Å². The van der Waals surface area contributed by atoms with E-state index in [2.05, 4.69) is 66.9 Å². The standard InChI is InChI=1S/C40H62N4O6/c1-26-21-38(4,5)35(50-36-33(45)32(42(8)9)19-27(2)49-36)28(3)34(46)39(6,7)37(47)48-25-40(43(10)23-26)14-17-44(18-15-40)24-29-11-12-31-22-41-16-13-30(31)20-29/h11-13,16,20,22,26-28,32-33,35-36,45H,14-15,17-19,21,23-25H2,1-10H3/t26-,27-,28+,32+,33-,35-,36+/m1/s1. The fourth-order valence-electron chi connectivity index (χ4n) is 8.96. The Morgan fingerprint density at radius 2 is 1.74 bits per heavy atom. The van der Waals surface area contributed by atoms with E-state index in [1.54, 1.807) is 13.8 Å². The van der Waals surface area contributed by atoms with E-state index >= 15 is 0 Å². The number of aliphatic hydroxyl groups excluding tert-OH is 1. The van der Waals surface area contributed by atoms with E-state index in [0.29, 0.717) is 6.42 Å². The Kier molecular flexibility index (Phi) is 11.8. The van der Waals surface area contributed by atoms with E-state index in [1.807, 2.05) is 45.2 Å². The Hall–Kier alpha value is -2.47. The van der Waals surface area contributed by atoms with Crippen molar-refractivity contribution in [2.45, 2.75) is 117 Å². The van der Waals surface area contributed by atoms with Gasteiger partial charge in [-0.3, -0.25) is 24.4 Å². The molecule has 3 aliphatic heterocycles. The molecule has 2 aromatic rings. The first kappa shape index (κ1) is 38.8. The van der Waals surface area contributed by atoms with Crippen LogP contribution in [0, 0.1) is 22.7 Å². The van der Waals surface area contributed by atoms with E-state index in [0.717, 1.165) is 50.8 Å². The summed E-state index contributed by atoms with van der Waals surface area (Å²) in [5.74, 6) is -1.12. The second kappa shape index (κ2) is 15.2. The van der Waals surface area contributed by atoms with Crippen molar-refractivity contribution in [3.05, 3.63) is 42.2 Å². The zero-order valence-electron chi connectivity index (χ0n) is 32.1. The van der Waals surface area contributed by atoms with E-state index < -0.39 is 41.2 Å². The van der Waals surface area contributed by atoms with E-state index in [1.165, 1.54) is 10.9 Å². The van der Waals surface area contributed by atoms with E-state index in [9.17, 15) is 14.7 Å². The summed E-state index contributed by atoms with van der Waals surface area (Å²) in [6.07, 6.45) is 4.40. The van der Waals surface area contributed by atoms with Crippen molar-refractivity contribution in [1.82, 2.24) is 19.7 Å². The molecule has 1 spiro atoms. The molecule has 1 aromatic heterocycles. The van der Waals surface area contributed by atoms with Gasteiger partial charge in [-0.2, -0.15) is 0 Å². The van der Waals surface area contributed by atoms with Gasteiger partial charge < -0.3 is 24.2 Å². The molecule has 5 rings (SSSR count). The molecule has 0 bridgehead atoms. The highest BCUT2D eigenvalue weighted by Gasteiger charge is 2.51. The third kappa shape index (κ3) is 8.26. The summed E-state index contributed by atoms with van der Waals surface area (Å²) in [5.41, 5.74) is -0.929. The van der Waals surface area contributed by atoms with Crippen molar-refractivity contribution in [2.24, 2.45) is 22.7 Å². The van der Waals surface area contributed by atoms with Crippen molar-refractivity contribution >= 4 is 22.5 Å². The van der Waals surface area contributed by atoms with Crippen LogP contribution in [-0.2, 0) is 30.3 Å². The van der Waals surface area contributed by atoms with Crippen LogP contribution in [0.2, 0.25) is 0 Å². The number of carbonyl (C=O) groups excluding carboxylic acids is 2. The summed E-state index contributed by atoms with van der Waals surface area (Å²) in [6.45, 7) is 17.4. The van der Waals surface area contributed by atoms with Crippen LogP contribution in [0.5, 0.6) is 0 Å². The lowest BCUT2D eigenvalue weighted by Crippen LogP contribution is -2.58. The maximum absolute atomic E-state index is 14.3. The normalized spacial score (nSPS) is 33.1. The molecule has 3 saturated heterocycles. The number of benzene rings is 1. The quantitative estimate of drug-likeness (QED) is 0.334. The number of aliphatic hydroxyl groups is 1. The molecule has 278 valence electrons. The number of carbonyl (C=O) groups is 2. The van der Waals surface area contributed by atoms with Crippen molar-refractivity contribution in [2.75, 3.05) is 47.4 Å². The second-order valence-corrected chi connectivity index (χ2v) is 17.2. The summed E-state index contributed by atoms with van der Waals surface area (Å²) in [5, 5.41) is 13.7. The third-order valence-corrected chi connectivity index (χ3v) is 12.0. The van der Waals surface area contributed by atoms with Crippen molar-refractivity contribution < 1.29 is 28.9 Å². The molecule has 0 amide bonds. The molecule has 3 aliphatic rings. The number of Topliss-reactive ketones (excluding diaryl/α,β-unsaturated/α-hetero) is 1. The Morgan fingerprint density at radius 1 is 1.04 bits per heavy atom. The number of piperidine rings is 1. The Morgan fingerprint density at radius 3 is 2.42 bits per heavy atom. The lowest BCUT2D eigenvalue weighted by molar-refractivity contribution is -0.285. The van der Waals surface area contributed by atoms with Crippen LogP contribution in [0.3, 0.4) is 0 Å². The lowest BCUT2D eigenvalue weighted by atomic mass is 9.69. The first-order valence-electron chi connectivity index (χ1n) is 18.6. The lowest BCUT2D eigenvalue weighted by Gasteiger charge is -2.48. The summed E-state index contributed by atoms with van der Waals surface area (Å²) in [7, 11) is 6.06. The van der Waals surface area contributed by atoms with Crippen LogP contribution in [0.1, 0.15) is 79.7 Å². The predicted octanol–water partition coefficient (Wildman–Crippen LogP) is 5.15. The monoisotopic (exact) mass is 694 g/mol. The predicted molar refractivity (Wildman–Crippen MR) is 195 cm³/mol. The molecule has 10 heteroatoms. The number of ether oxygens (including phenoxy) is 3. The van der Waals surface area contributed by atoms with Gasteiger partial charge in [-0.05, 0) is 102 Å². The molecule has 0 aliphatic carbocycles. The minimum atomic E-state index is -1.38. The highest BCUT2D eigenvalue weighted by molar-refractivity contribution is 6.04. The number of hydrogen-bond donors (Lipinski definition) is 1. The summed E-state index contributed by atoms with van der Waals surface area (Å²) >= 11 is 0. The molecular weight excluding hydrogens is 632 g/mol. The van der Waals surface area contributed by atoms with Gasteiger partial charge in [-0.15, -0.1) is 0 Å². The van der Waals surface area contributed by atoms with E-state index in [4.69, 9.17) is 14.2 Å². The average Bonchev–Trinajstić information content (AvgIpc) is 3.06. The summed E-state index contributed by atoms with van der Waals surface area (Å²) in [6, 6.07) is 8.48. The van der Waals surface area contributed by atoms with Crippen LogP contribution < -0.4 is 0 Å². The molecule has 4 heterocycles. The third-order valence-electron chi connectivity index (χ3n) is 12.0. The van der Waals surface area contributed by atoms with Crippen molar-refractivity contribution in [3.63, 3.8) is 0 Å². The number of cyclic esters (lactones) is 1. The number of pyridine rings is 1. The van der Waals surface area contributed by atoms with Gasteiger partial charge in [0.1, 0.15) is 18.1 Å². The fourth-order valence-corrected chi connectivity index (χ4v) is 8.96. The van der Waals surface area contributed by atoms with Gasteiger partial charge in [-0.1, -0.05) is 39.8 Å². The number of likely N-dealkylation sites (N-methyl/N-ethyl adjacent to an activating group) is 2. The molecule has 1 aromatic carbocycles. The number of ketones is 1. The van der Waals surface area contributed by atoms with Crippen LogP contribution in [0.25, 0.3) is 10.8 Å². The maximum Gasteiger partial charge on any atom is 0.319 e. The molecule has 7 atom stereocenters. The molecule has 0 radical (unpaired) electrons.